The average molecular weight is 230 g/mol. The normalized spacial score (nSPS) is 11.7. The van der Waals surface area contributed by atoms with Crippen molar-refractivity contribution in [3.05, 3.63) is 35.9 Å². The Morgan fingerprint density at radius 1 is 1.25 bits per heavy atom. The lowest BCUT2D eigenvalue weighted by Crippen LogP contribution is -2.17. The Balaban J connectivity index is 2.87. The van der Waals surface area contributed by atoms with Crippen molar-refractivity contribution in [2.75, 3.05) is 0 Å². The first kappa shape index (κ1) is 12.3. The largest absolute Gasteiger partial charge is 0.573 e. The van der Waals surface area contributed by atoms with E-state index in [2.05, 4.69) is 4.74 Å². The fourth-order valence-electron chi connectivity index (χ4n) is 1.09. The van der Waals surface area contributed by atoms with Gasteiger partial charge in [0.2, 0.25) is 0 Å². The monoisotopic (exact) mass is 230 g/mol. The highest BCUT2D eigenvalue weighted by Gasteiger charge is 2.31. The lowest BCUT2D eigenvalue weighted by atomic mass is 10.2. The Morgan fingerprint density at radius 2 is 1.94 bits per heavy atom. The quantitative estimate of drug-likeness (QED) is 0.742. The summed E-state index contributed by atoms with van der Waals surface area (Å²) in [5.74, 6) is -0.280. The summed E-state index contributed by atoms with van der Waals surface area (Å²) in [5.41, 5.74) is 0.279. The Kier molecular flexibility index (Phi) is 4.10. The summed E-state index contributed by atoms with van der Waals surface area (Å²) in [6.07, 6.45) is -1.03. The van der Waals surface area contributed by atoms with Crippen molar-refractivity contribution in [2.24, 2.45) is 0 Å². The molecule has 1 aromatic rings. The van der Waals surface area contributed by atoms with Gasteiger partial charge in [0.1, 0.15) is 12.0 Å². The summed E-state index contributed by atoms with van der Waals surface area (Å²) in [6, 6.07) is 5.72. The molecule has 0 N–H and O–H groups in total. The molecule has 0 spiro atoms. The number of alkyl halides is 3. The Hall–Kier alpha value is -1.78. The molecule has 0 fully saturated rings. The highest BCUT2D eigenvalue weighted by Crippen LogP contribution is 2.26. The molecule has 1 aromatic carbocycles. The molecule has 0 saturated heterocycles. The van der Waals surface area contributed by atoms with E-state index in [1.165, 1.54) is 30.4 Å². The SMILES string of the molecule is O=CC/C=C/c1ccccc1OC(F)(F)F. The van der Waals surface area contributed by atoms with Crippen LogP contribution in [-0.4, -0.2) is 12.6 Å². The van der Waals surface area contributed by atoms with Crippen LogP contribution in [0.15, 0.2) is 30.3 Å². The van der Waals surface area contributed by atoms with E-state index in [1.54, 1.807) is 6.07 Å². The molecule has 5 heteroatoms. The van der Waals surface area contributed by atoms with Crippen molar-refractivity contribution < 1.29 is 22.7 Å². The van der Waals surface area contributed by atoms with Gasteiger partial charge >= 0.3 is 6.36 Å². The van der Waals surface area contributed by atoms with E-state index in [1.807, 2.05) is 0 Å². The van der Waals surface area contributed by atoms with E-state index in [0.29, 0.717) is 6.29 Å². The number of carbonyl (C=O) groups excluding carboxylic acids is 1. The molecule has 0 atom stereocenters. The van der Waals surface area contributed by atoms with Crippen LogP contribution in [0.3, 0.4) is 0 Å². The maximum Gasteiger partial charge on any atom is 0.573 e. The number of ether oxygens (including phenoxy) is 1. The van der Waals surface area contributed by atoms with Crippen LogP contribution in [0.1, 0.15) is 12.0 Å². The summed E-state index contributed by atoms with van der Waals surface area (Å²) in [4.78, 5) is 10.0. The second-order valence-corrected chi connectivity index (χ2v) is 2.89. The van der Waals surface area contributed by atoms with Gasteiger partial charge in [0.15, 0.2) is 0 Å². The fraction of sp³-hybridized carbons (Fsp3) is 0.182. The van der Waals surface area contributed by atoms with Crippen LogP contribution in [0.2, 0.25) is 0 Å². The molecule has 0 heterocycles. The van der Waals surface area contributed by atoms with Crippen LogP contribution in [0.25, 0.3) is 6.08 Å². The average Bonchev–Trinajstić information content (AvgIpc) is 2.19. The van der Waals surface area contributed by atoms with Crippen molar-refractivity contribution >= 4 is 12.4 Å². The van der Waals surface area contributed by atoms with Gasteiger partial charge < -0.3 is 9.53 Å². The zero-order valence-corrected chi connectivity index (χ0v) is 8.20. The summed E-state index contributed by atoms with van der Waals surface area (Å²) in [7, 11) is 0. The van der Waals surface area contributed by atoms with E-state index in [-0.39, 0.29) is 17.7 Å². The zero-order chi connectivity index (χ0) is 12.0. The third-order valence-electron chi connectivity index (χ3n) is 1.67. The second-order valence-electron chi connectivity index (χ2n) is 2.89. The molecule has 0 unspecified atom stereocenters. The van der Waals surface area contributed by atoms with E-state index in [4.69, 9.17) is 0 Å². The number of halogens is 3. The molecule has 2 nitrogen and oxygen atoms in total. The maximum absolute atomic E-state index is 12.0. The fourth-order valence-corrected chi connectivity index (χ4v) is 1.09. The molecule has 0 saturated carbocycles. The van der Waals surface area contributed by atoms with Gasteiger partial charge in [0.05, 0.1) is 0 Å². The lowest BCUT2D eigenvalue weighted by molar-refractivity contribution is -0.274. The van der Waals surface area contributed by atoms with Crippen LogP contribution < -0.4 is 4.74 Å². The molecular formula is C11H9F3O2. The van der Waals surface area contributed by atoms with E-state index in [9.17, 15) is 18.0 Å². The van der Waals surface area contributed by atoms with Crippen molar-refractivity contribution in [1.82, 2.24) is 0 Å². The van der Waals surface area contributed by atoms with Crippen molar-refractivity contribution in [1.29, 1.82) is 0 Å². The first-order chi connectivity index (χ1) is 7.53. The van der Waals surface area contributed by atoms with Gasteiger partial charge in [-0.25, -0.2) is 0 Å². The number of hydrogen-bond donors (Lipinski definition) is 0. The molecule has 86 valence electrons. The predicted octanol–water partition coefficient (Wildman–Crippen LogP) is 3.19. The number of para-hydroxylation sites is 1. The third kappa shape index (κ3) is 4.16. The number of aldehydes is 1. The van der Waals surface area contributed by atoms with Crippen LogP contribution >= 0.6 is 0 Å². The molecule has 0 radical (unpaired) electrons. The molecule has 16 heavy (non-hydrogen) atoms. The number of hydrogen-bond acceptors (Lipinski definition) is 2. The van der Waals surface area contributed by atoms with Gasteiger partial charge in [-0.2, -0.15) is 0 Å². The summed E-state index contributed by atoms with van der Waals surface area (Å²) in [6.45, 7) is 0. The Bertz CT molecular complexity index is 383. The number of benzene rings is 1. The molecular weight excluding hydrogens is 221 g/mol. The molecule has 0 aliphatic rings. The minimum Gasteiger partial charge on any atom is -0.405 e. The standard InChI is InChI=1S/C11H9F3O2/c12-11(13,14)16-10-7-2-1-5-9(10)6-3-4-8-15/h1-3,5-8H,4H2/b6-3+. The number of allylic oxidation sites excluding steroid dienone is 1. The van der Waals surface area contributed by atoms with Crippen LogP contribution in [-0.2, 0) is 4.79 Å². The molecule has 1 rings (SSSR count). The van der Waals surface area contributed by atoms with E-state index in [0.717, 1.165) is 0 Å². The number of carbonyl (C=O) groups is 1. The molecule has 0 aromatic heterocycles. The molecule has 0 amide bonds. The Morgan fingerprint density at radius 3 is 2.56 bits per heavy atom. The molecule has 0 aliphatic heterocycles. The van der Waals surface area contributed by atoms with E-state index < -0.39 is 6.36 Å². The van der Waals surface area contributed by atoms with Gasteiger partial charge in [0.25, 0.3) is 0 Å². The van der Waals surface area contributed by atoms with Crippen LogP contribution in [0.5, 0.6) is 5.75 Å². The smallest absolute Gasteiger partial charge is 0.405 e. The van der Waals surface area contributed by atoms with Crippen molar-refractivity contribution in [3.8, 4) is 5.75 Å². The molecule has 0 bridgehead atoms. The first-order valence-corrected chi connectivity index (χ1v) is 4.48. The predicted molar refractivity (Wildman–Crippen MR) is 52.8 cm³/mol. The van der Waals surface area contributed by atoms with Gasteiger partial charge in [-0.3, -0.25) is 0 Å². The lowest BCUT2D eigenvalue weighted by Gasteiger charge is -2.10. The highest BCUT2D eigenvalue weighted by atomic mass is 19.4. The first-order valence-electron chi connectivity index (χ1n) is 4.48. The Labute approximate surface area is 90.3 Å². The van der Waals surface area contributed by atoms with Gasteiger partial charge in [-0.05, 0) is 6.07 Å². The highest BCUT2D eigenvalue weighted by molar-refractivity contribution is 5.61. The summed E-state index contributed by atoms with van der Waals surface area (Å²) in [5, 5.41) is 0. The summed E-state index contributed by atoms with van der Waals surface area (Å²) >= 11 is 0. The molecule has 0 aliphatic carbocycles. The minimum atomic E-state index is -4.71. The zero-order valence-electron chi connectivity index (χ0n) is 8.20. The van der Waals surface area contributed by atoms with Gasteiger partial charge in [-0.15, -0.1) is 13.2 Å². The van der Waals surface area contributed by atoms with Gasteiger partial charge in [-0.1, -0.05) is 30.4 Å². The second kappa shape index (κ2) is 5.34. The van der Waals surface area contributed by atoms with Gasteiger partial charge in [0, 0.05) is 12.0 Å². The van der Waals surface area contributed by atoms with Crippen molar-refractivity contribution in [2.45, 2.75) is 12.8 Å². The number of rotatable bonds is 4. The summed E-state index contributed by atoms with van der Waals surface area (Å²) < 4.78 is 39.8. The van der Waals surface area contributed by atoms with Crippen LogP contribution in [0, 0.1) is 0 Å². The maximum atomic E-state index is 12.0. The van der Waals surface area contributed by atoms with Crippen LogP contribution in [0.4, 0.5) is 13.2 Å². The topological polar surface area (TPSA) is 26.3 Å². The van der Waals surface area contributed by atoms with Crippen molar-refractivity contribution in [3.63, 3.8) is 0 Å². The van der Waals surface area contributed by atoms with E-state index >= 15 is 0 Å². The third-order valence-corrected chi connectivity index (χ3v) is 1.67. The minimum absolute atomic E-state index is 0.153.